The average Bonchev–Trinajstić information content (AvgIpc) is 2.92. The summed E-state index contributed by atoms with van der Waals surface area (Å²) < 4.78 is 0. The lowest BCUT2D eigenvalue weighted by Crippen LogP contribution is -2.77. The minimum atomic E-state index is -3.02. The highest BCUT2D eigenvalue weighted by Gasteiger charge is 2.72. The number of nitrogens with zero attached hydrogens (tertiary/aromatic N) is 3. The second-order valence-electron chi connectivity index (χ2n) is 12.1. The molecule has 5 rings (SSSR count). The van der Waals surface area contributed by atoms with E-state index < -0.39 is 76.4 Å². The van der Waals surface area contributed by atoms with Gasteiger partial charge in [-0.05, 0) is 51.5 Å². The number of primary amides is 1. The van der Waals surface area contributed by atoms with Gasteiger partial charge in [-0.2, -0.15) is 5.26 Å². The highest BCUT2D eigenvalue weighted by Crippen LogP contribution is 2.54. The van der Waals surface area contributed by atoms with Crippen LogP contribution in [-0.2, 0) is 25.7 Å². The first-order valence-electron chi connectivity index (χ1n) is 13.8. The van der Waals surface area contributed by atoms with E-state index in [1.807, 2.05) is 0 Å². The predicted octanol–water partition coefficient (Wildman–Crippen LogP) is -0.866. The lowest BCUT2D eigenvalue weighted by molar-refractivity contribution is -0.196. The third-order valence-corrected chi connectivity index (χ3v) is 9.74. The minimum absolute atomic E-state index is 0.0276. The van der Waals surface area contributed by atoms with Gasteiger partial charge in [0.15, 0.2) is 34.7 Å². The van der Waals surface area contributed by atoms with Crippen LogP contribution >= 0.6 is 0 Å². The third kappa shape index (κ3) is 4.06. The number of piperidine rings is 1. The van der Waals surface area contributed by atoms with Crippen molar-refractivity contribution in [3.05, 3.63) is 28.8 Å². The number of amides is 1. The zero-order valence-corrected chi connectivity index (χ0v) is 23.1. The van der Waals surface area contributed by atoms with Gasteiger partial charge in [0, 0.05) is 23.9 Å². The molecular formula is C29H34N4O8. The third-order valence-electron chi connectivity index (χ3n) is 9.74. The summed E-state index contributed by atoms with van der Waals surface area (Å²) in [6, 6.07) is 4.23. The Kier molecular flexibility index (Phi) is 7.14. The van der Waals surface area contributed by atoms with Crippen LogP contribution < -0.4 is 5.73 Å². The van der Waals surface area contributed by atoms with E-state index in [4.69, 9.17) is 11.0 Å². The van der Waals surface area contributed by atoms with Crippen LogP contribution in [0.25, 0.3) is 0 Å². The van der Waals surface area contributed by atoms with Gasteiger partial charge < -0.3 is 21.1 Å². The number of phenols is 1. The molecule has 218 valence electrons. The number of ketones is 4. The summed E-state index contributed by atoms with van der Waals surface area (Å²) in [7, 11) is 2.90. The van der Waals surface area contributed by atoms with E-state index in [0.29, 0.717) is 43.6 Å². The van der Waals surface area contributed by atoms with Crippen LogP contribution in [0.5, 0.6) is 5.75 Å². The topological polar surface area (TPSA) is 202 Å². The van der Waals surface area contributed by atoms with Crippen LogP contribution in [-0.4, -0.2) is 99.1 Å². The van der Waals surface area contributed by atoms with Gasteiger partial charge in [0.2, 0.25) is 5.91 Å². The number of fused-ring (bicyclic) bond motifs is 3. The fraction of sp³-hybridized carbons (Fsp3) is 0.586. The molecule has 12 nitrogen and oxygen atoms in total. The largest absolute Gasteiger partial charge is 0.507 e. The number of benzene rings is 1. The Hall–Kier alpha value is -3.50. The molecule has 1 aliphatic heterocycles. The fourth-order valence-electron chi connectivity index (χ4n) is 7.62. The minimum Gasteiger partial charge on any atom is -0.507 e. The summed E-state index contributed by atoms with van der Waals surface area (Å²) in [6.45, 7) is 3.26. The standard InChI is InChI=1S/C29H34N4O8/c1-12-15-5-4-14(11-33-8-6-13(10-30)7-9-33)22(34)17(15)23(35)18-16(12)24(36)20-21(32(2)3)25(37)19(28(31)40)27(39)29(20,41)26(18)38/h4-5,12-13,16,18-21,24,34,36,41H,6-9,11H2,1-3H3,(H2,31,40)/t12-,16+,18?,19?,20+,21-,24-,29-/m0/s1. The van der Waals surface area contributed by atoms with E-state index in [1.54, 1.807) is 19.1 Å². The van der Waals surface area contributed by atoms with Crippen molar-refractivity contribution in [1.29, 1.82) is 5.26 Å². The smallest absolute Gasteiger partial charge is 0.235 e. The number of aliphatic hydroxyl groups is 2. The maximum atomic E-state index is 14.1. The first-order chi connectivity index (χ1) is 19.3. The number of nitrogens with two attached hydrogens (primary N) is 1. The van der Waals surface area contributed by atoms with Crippen molar-refractivity contribution < 1.29 is 39.3 Å². The first kappa shape index (κ1) is 29.0. The predicted molar refractivity (Wildman–Crippen MR) is 141 cm³/mol. The molecule has 41 heavy (non-hydrogen) atoms. The van der Waals surface area contributed by atoms with Gasteiger partial charge in [-0.3, -0.25) is 33.8 Å². The molecule has 0 radical (unpaired) electrons. The molecule has 1 saturated heterocycles. The van der Waals surface area contributed by atoms with E-state index in [2.05, 4.69) is 11.0 Å². The molecule has 1 aromatic rings. The van der Waals surface area contributed by atoms with Gasteiger partial charge in [0.25, 0.3) is 0 Å². The van der Waals surface area contributed by atoms with Crippen molar-refractivity contribution in [2.75, 3.05) is 27.2 Å². The Morgan fingerprint density at radius 3 is 2.37 bits per heavy atom. The maximum absolute atomic E-state index is 14.1. The van der Waals surface area contributed by atoms with E-state index in [9.17, 15) is 39.3 Å². The van der Waals surface area contributed by atoms with Gasteiger partial charge in [0.1, 0.15) is 5.75 Å². The number of likely N-dealkylation sites (N-methyl/N-ethyl adjacent to an activating group) is 1. The number of likely N-dealkylation sites (tertiary alicyclic amines) is 1. The molecule has 2 saturated carbocycles. The number of aromatic hydroxyl groups is 1. The lowest BCUT2D eigenvalue weighted by atomic mass is 9.49. The molecule has 5 N–H and O–H groups in total. The number of carbonyl (C=O) groups is 5. The molecule has 1 aromatic carbocycles. The van der Waals surface area contributed by atoms with Gasteiger partial charge in [-0.25, -0.2) is 0 Å². The number of Topliss-reactive ketones (excluding diaryl/α,β-unsaturated/α-hetero) is 4. The van der Waals surface area contributed by atoms with Gasteiger partial charge in [-0.1, -0.05) is 19.1 Å². The van der Waals surface area contributed by atoms with Crippen LogP contribution in [0.15, 0.2) is 12.1 Å². The number of rotatable bonds is 4. The summed E-state index contributed by atoms with van der Waals surface area (Å²) in [4.78, 5) is 70.2. The van der Waals surface area contributed by atoms with Gasteiger partial charge in [-0.15, -0.1) is 0 Å². The molecule has 12 heteroatoms. The molecule has 3 aliphatic carbocycles. The molecule has 0 aromatic heterocycles. The van der Waals surface area contributed by atoms with Gasteiger partial charge in [0.05, 0.1) is 35.6 Å². The summed E-state index contributed by atoms with van der Waals surface area (Å²) in [5.74, 6) is -13.3. The number of carbonyl (C=O) groups excluding carboxylic acids is 5. The Bertz CT molecular complexity index is 1390. The summed E-state index contributed by atoms with van der Waals surface area (Å²) in [5, 5.41) is 43.8. The summed E-state index contributed by atoms with van der Waals surface area (Å²) in [5.41, 5.74) is 3.06. The van der Waals surface area contributed by atoms with Crippen LogP contribution in [0.1, 0.15) is 47.2 Å². The number of aliphatic hydroxyl groups excluding tert-OH is 1. The van der Waals surface area contributed by atoms with E-state index in [0.717, 1.165) is 0 Å². The van der Waals surface area contributed by atoms with E-state index in [1.165, 1.54) is 19.0 Å². The molecule has 2 unspecified atom stereocenters. The van der Waals surface area contributed by atoms with E-state index >= 15 is 0 Å². The van der Waals surface area contributed by atoms with Crippen LogP contribution in [0.3, 0.4) is 0 Å². The second-order valence-corrected chi connectivity index (χ2v) is 12.1. The molecule has 8 atom stereocenters. The fourth-order valence-corrected chi connectivity index (χ4v) is 7.62. The van der Waals surface area contributed by atoms with Crippen LogP contribution in [0, 0.1) is 40.9 Å². The average molecular weight is 567 g/mol. The summed E-state index contributed by atoms with van der Waals surface area (Å²) in [6.07, 6.45) is -0.289. The van der Waals surface area contributed by atoms with Crippen LogP contribution in [0.4, 0.5) is 0 Å². The van der Waals surface area contributed by atoms with Crippen molar-refractivity contribution in [3.8, 4) is 11.8 Å². The molecule has 1 heterocycles. The monoisotopic (exact) mass is 566 g/mol. The summed E-state index contributed by atoms with van der Waals surface area (Å²) >= 11 is 0. The molecule has 0 bridgehead atoms. The number of hydrogen-bond donors (Lipinski definition) is 4. The van der Waals surface area contributed by atoms with E-state index in [-0.39, 0.29) is 17.2 Å². The number of hydrogen-bond acceptors (Lipinski definition) is 11. The van der Waals surface area contributed by atoms with Crippen molar-refractivity contribution in [2.45, 2.75) is 50.0 Å². The second kappa shape index (κ2) is 10.1. The first-order valence-corrected chi connectivity index (χ1v) is 13.8. The van der Waals surface area contributed by atoms with Crippen molar-refractivity contribution >= 4 is 29.0 Å². The van der Waals surface area contributed by atoms with Crippen molar-refractivity contribution in [3.63, 3.8) is 0 Å². The number of phenolic OH excluding ortho intramolecular Hbond substituents is 1. The molecule has 0 spiro atoms. The zero-order chi connectivity index (χ0) is 30.1. The molecular weight excluding hydrogens is 532 g/mol. The molecule has 3 fully saturated rings. The SMILES string of the molecule is C[C@H]1c2ccc(CN3CCC(C#N)CC3)c(O)c2C(=O)C2C(=O)[C@]3(O)C(=O)C(C(N)=O)C(=O)[C@@H](N(C)C)[C@@H]3[C@@H](O)[C@@H]21. The molecule has 1 amide bonds. The van der Waals surface area contributed by atoms with Crippen molar-refractivity contribution in [1.82, 2.24) is 9.80 Å². The maximum Gasteiger partial charge on any atom is 0.235 e. The highest BCUT2D eigenvalue weighted by molar-refractivity contribution is 6.32. The lowest BCUT2D eigenvalue weighted by Gasteiger charge is -2.56. The molecule has 4 aliphatic rings. The Morgan fingerprint density at radius 1 is 1.17 bits per heavy atom. The normalized spacial score (nSPS) is 36.0. The highest BCUT2D eigenvalue weighted by atomic mass is 16.3. The zero-order valence-electron chi connectivity index (χ0n) is 23.1. The van der Waals surface area contributed by atoms with Crippen LogP contribution in [0.2, 0.25) is 0 Å². The van der Waals surface area contributed by atoms with Crippen molar-refractivity contribution in [2.24, 2.45) is 35.3 Å². The number of nitriles is 1. The Morgan fingerprint density at radius 2 is 1.80 bits per heavy atom. The quantitative estimate of drug-likeness (QED) is 0.330. The van der Waals surface area contributed by atoms with Gasteiger partial charge >= 0.3 is 0 Å². The Labute approximate surface area is 236 Å². The Balaban J connectivity index is 1.57.